The maximum atomic E-state index is 7.06. The Bertz CT molecular complexity index is 266. The smallest absolute Gasteiger partial charge is 0.0468 e. The van der Waals surface area contributed by atoms with Gasteiger partial charge in [-0.2, -0.15) is 0 Å². The van der Waals surface area contributed by atoms with Crippen molar-refractivity contribution in [2.45, 2.75) is 0 Å². The van der Waals surface area contributed by atoms with Crippen molar-refractivity contribution in [2.75, 3.05) is 5.32 Å². The van der Waals surface area contributed by atoms with Crippen molar-refractivity contribution < 1.29 is 0 Å². The van der Waals surface area contributed by atoms with Gasteiger partial charge in [0.05, 0.1) is 0 Å². The zero-order chi connectivity index (χ0) is 8.10. The molecule has 1 aromatic rings. The van der Waals surface area contributed by atoms with Crippen LogP contribution in [-0.4, -0.2) is 6.21 Å². The van der Waals surface area contributed by atoms with Gasteiger partial charge in [-0.25, -0.2) is 0 Å². The molecule has 0 spiro atoms. The topological polar surface area (TPSA) is 35.9 Å². The SMILES string of the molecule is C=CNc1ccccc1C=N. The van der Waals surface area contributed by atoms with Gasteiger partial charge in [-0.15, -0.1) is 0 Å². The van der Waals surface area contributed by atoms with Crippen LogP contribution in [0.5, 0.6) is 0 Å². The third kappa shape index (κ3) is 1.67. The fraction of sp³-hybridized carbons (Fsp3) is 0. The van der Waals surface area contributed by atoms with E-state index in [0.717, 1.165) is 11.3 Å². The van der Waals surface area contributed by atoms with Crippen LogP contribution in [-0.2, 0) is 0 Å². The molecule has 0 fully saturated rings. The molecule has 0 amide bonds. The first-order valence-electron chi connectivity index (χ1n) is 3.35. The molecule has 0 heterocycles. The second-order valence-electron chi connectivity index (χ2n) is 2.08. The molecule has 2 N–H and O–H groups in total. The van der Waals surface area contributed by atoms with E-state index in [2.05, 4.69) is 11.9 Å². The molecule has 0 aliphatic carbocycles. The average molecular weight is 146 g/mol. The van der Waals surface area contributed by atoms with Gasteiger partial charge in [-0.05, 0) is 12.3 Å². The molecule has 0 atom stereocenters. The summed E-state index contributed by atoms with van der Waals surface area (Å²) in [5.74, 6) is 0. The number of benzene rings is 1. The summed E-state index contributed by atoms with van der Waals surface area (Å²) in [4.78, 5) is 0. The van der Waals surface area contributed by atoms with E-state index < -0.39 is 0 Å². The summed E-state index contributed by atoms with van der Waals surface area (Å²) < 4.78 is 0. The quantitative estimate of drug-likeness (QED) is 0.630. The fourth-order valence-corrected chi connectivity index (χ4v) is 0.864. The van der Waals surface area contributed by atoms with Gasteiger partial charge in [0.25, 0.3) is 0 Å². The van der Waals surface area contributed by atoms with E-state index in [-0.39, 0.29) is 0 Å². The molecule has 2 nitrogen and oxygen atoms in total. The molecule has 2 heteroatoms. The summed E-state index contributed by atoms with van der Waals surface area (Å²) in [5, 5.41) is 10.0. The molecular weight excluding hydrogens is 136 g/mol. The normalized spacial score (nSPS) is 8.73. The Balaban J connectivity index is 3.01. The van der Waals surface area contributed by atoms with Crippen LogP contribution in [0, 0.1) is 5.41 Å². The number of hydrogen-bond acceptors (Lipinski definition) is 2. The fourth-order valence-electron chi connectivity index (χ4n) is 0.864. The van der Waals surface area contributed by atoms with Gasteiger partial charge in [-0.3, -0.25) is 0 Å². The third-order valence-electron chi connectivity index (χ3n) is 1.37. The second-order valence-corrected chi connectivity index (χ2v) is 2.08. The maximum Gasteiger partial charge on any atom is 0.0468 e. The summed E-state index contributed by atoms with van der Waals surface area (Å²) >= 11 is 0. The first-order valence-corrected chi connectivity index (χ1v) is 3.35. The minimum absolute atomic E-state index is 0.868. The number of hydrogen-bond donors (Lipinski definition) is 2. The molecule has 56 valence electrons. The van der Waals surface area contributed by atoms with Gasteiger partial charge in [0.1, 0.15) is 0 Å². The predicted octanol–water partition coefficient (Wildman–Crippen LogP) is 2.24. The largest absolute Gasteiger partial charge is 0.362 e. The average Bonchev–Trinajstić information content (AvgIpc) is 2.06. The Hall–Kier alpha value is -1.57. The van der Waals surface area contributed by atoms with E-state index in [0.29, 0.717) is 0 Å². The molecule has 0 unspecified atom stereocenters. The lowest BCUT2D eigenvalue weighted by Crippen LogP contribution is -1.91. The minimum Gasteiger partial charge on any atom is -0.362 e. The highest BCUT2D eigenvalue weighted by atomic mass is 14.8. The van der Waals surface area contributed by atoms with Crippen molar-refractivity contribution in [3.63, 3.8) is 0 Å². The lowest BCUT2D eigenvalue weighted by molar-refractivity contribution is 1.51. The van der Waals surface area contributed by atoms with Gasteiger partial charge >= 0.3 is 0 Å². The third-order valence-corrected chi connectivity index (χ3v) is 1.37. The maximum absolute atomic E-state index is 7.06. The van der Waals surface area contributed by atoms with E-state index in [4.69, 9.17) is 5.41 Å². The molecule has 0 aromatic heterocycles. The zero-order valence-corrected chi connectivity index (χ0v) is 6.17. The summed E-state index contributed by atoms with van der Waals surface area (Å²) in [5.41, 5.74) is 1.78. The van der Waals surface area contributed by atoms with Crippen LogP contribution >= 0.6 is 0 Å². The van der Waals surface area contributed by atoms with E-state index in [1.54, 1.807) is 6.20 Å². The van der Waals surface area contributed by atoms with Crippen molar-refractivity contribution in [1.82, 2.24) is 0 Å². The van der Waals surface area contributed by atoms with Crippen LogP contribution in [0.4, 0.5) is 5.69 Å². The van der Waals surface area contributed by atoms with Gasteiger partial charge in [-0.1, -0.05) is 24.8 Å². The lowest BCUT2D eigenvalue weighted by atomic mass is 10.2. The highest BCUT2D eigenvalue weighted by Gasteiger charge is 1.93. The van der Waals surface area contributed by atoms with Crippen LogP contribution in [0.15, 0.2) is 37.0 Å². The Morgan fingerprint density at radius 1 is 1.36 bits per heavy atom. The number of para-hydroxylation sites is 1. The molecule has 11 heavy (non-hydrogen) atoms. The Morgan fingerprint density at radius 3 is 2.73 bits per heavy atom. The highest BCUT2D eigenvalue weighted by Crippen LogP contribution is 2.11. The van der Waals surface area contributed by atoms with Crippen molar-refractivity contribution >= 4 is 11.9 Å². The predicted molar refractivity (Wildman–Crippen MR) is 48.1 cm³/mol. The molecule has 0 aliphatic heterocycles. The second kappa shape index (κ2) is 3.56. The van der Waals surface area contributed by atoms with Crippen LogP contribution in [0.25, 0.3) is 0 Å². The Morgan fingerprint density at radius 2 is 2.09 bits per heavy atom. The van der Waals surface area contributed by atoms with Gasteiger partial charge in [0, 0.05) is 17.5 Å². The summed E-state index contributed by atoms with van der Waals surface area (Å²) in [6, 6.07) is 7.59. The minimum atomic E-state index is 0.868. The van der Waals surface area contributed by atoms with Crippen LogP contribution < -0.4 is 5.32 Å². The monoisotopic (exact) mass is 146 g/mol. The molecule has 0 radical (unpaired) electrons. The van der Waals surface area contributed by atoms with Gasteiger partial charge < -0.3 is 10.7 Å². The zero-order valence-electron chi connectivity index (χ0n) is 6.17. The Kier molecular flexibility index (Phi) is 2.44. The molecule has 0 aliphatic rings. The standard InChI is InChI=1S/C9H10N2/c1-2-11-9-6-4-3-5-8(9)7-10/h2-7,10-11H,1H2. The van der Waals surface area contributed by atoms with Crippen LogP contribution in [0.2, 0.25) is 0 Å². The summed E-state index contributed by atoms with van der Waals surface area (Å²) in [6.07, 6.45) is 2.91. The summed E-state index contributed by atoms with van der Waals surface area (Å²) in [6.45, 7) is 3.55. The number of nitrogens with one attached hydrogen (secondary N) is 2. The Labute approximate surface area is 66.1 Å². The molecule has 0 bridgehead atoms. The highest BCUT2D eigenvalue weighted by molar-refractivity contribution is 5.85. The molecule has 0 saturated carbocycles. The van der Waals surface area contributed by atoms with Crippen LogP contribution in [0.3, 0.4) is 0 Å². The van der Waals surface area contributed by atoms with Crippen molar-refractivity contribution in [3.05, 3.63) is 42.6 Å². The lowest BCUT2D eigenvalue weighted by Gasteiger charge is -2.02. The van der Waals surface area contributed by atoms with Crippen molar-refractivity contribution in [3.8, 4) is 0 Å². The first kappa shape index (κ1) is 7.54. The summed E-state index contributed by atoms with van der Waals surface area (Å²) in [7, 11) is 0. The molecular formula is C9H10N2. The van der Waals surface area contributed by atoms with Crippen LogP contribution in [0.1, 0.15) is 5.56 Å². The number of anilines is 1. The first-order chi connectivity index (χ1) is 5.38. The van der Waals surface area contributed by atoms with E-state index in [9.17, 15) is 0 Å². The molecule has 0 saturated heterocycles. The van der Waals surface area contributed by atoms with E-state index in [1.165, 1.54) is 6.21 Å². The van der Waals surface area contributed by atoms with Crippen molar-refractivity contribution in [2.24, 2.45) is 0 Å². The van der Waals surface area contributed by atoms with E-state index >= 15 is 0 Å². The molecule has 1 aromatic carbocycles. The molecule has 1 rings (SSSR count). The van der Waals surface area contributed by atoms with Crippen molar-refractivity contribution in [1.29, 1.82) is 5.41 Å². The van der Waals surface area contributed by atoms with Gasteiger partial charge in [0.2, 0.25) is 0 Å². The number of rotatable bonds is 3. The van der Waals surface area contributed by atoms with E-state index in [1.807, 2.05) is 24.3 Å². The van der Waals surface area contributed by atoms with Gasteiger partial charge in [0.15, 0.2) is 0 Å².